The van der Waals surface area contributed by atoms with Crippen molar-refractivity contribution in [2.24, 2.45) is 0 Å². The fraction of sp³-hybridized carbons (Fsp3) is 0. The fourth-order valence-electron chi connectivity index (χ4n) is 3.91. The Labute approximate surface area is 167 Å². The molecular weight excluding hydrogens is 363 g/mol. The molecule has 5 rings (SSSR count). The minimum absolute atomic E-state index is 0.540. The summed E-state index contributed by atoms with van der Waals surface area (Å²) in [4.78, 5) is 0. The van der Waals surface area contributed by atoms with Crippen LogP contribution in [0.4, 0.5) is 0 Å². The molecule has 0 radical (unpaired) electrons. The molecule has 0 amide bonds. The summed E-state index contributed by atoms with van der Waals surface area (Å²) < 4.78 is 2.39. The Balaban J connectivity index is 1.83. The molecule has 0 aliphatic carbocycles. The number of hydrogen-bond acceptors (Lipinski definition) is 3. The summed E-state index contributed by atoms with van der Waals surface area (Å²) in [5.41, 5.74) is 4.23. The Bertz CT molecular complexity index is 1290. The normalized spacial score (nSPS) is 11.2. The van der Waals surface area contributed by atoms with Crippen molar-refractivity contribution in [2.75, 3.05) is 0 Å². The third-order valence-electron chi connectivity index (χ3n) is 5.14. The minimum Gasteiger partial charge on any atom is -0.423 e. The summed E-state index contributed by atoms with van der Waals surface area (Å²) in [5, 5.41) is 23.0. The van der Waals surface area contributed by atoms with Crippen molar-refractivity contribution in [3.05, 3.63) is 91.0 Å². The molecule has 5 aromatic rings. The van der Waals surface area contributed by atoms with Crippen LogP contribution in [0.25, 0.3) is 42.4 Å². The Kier molecular flexibility index (Phi) is 4.25. The van der Waals surface area contributed by atoms with Gasteiger partial charge in [-0.1, -0.05) is 84.9 Å². The van der Waals surface area contributed by atoms with E-state index in [2.05, 4.69) is 36.4 Å². The van der Waals surface area contributed by atoms with Crippen LogP contribution in [0.2, 0.25) is 0 Å². The summed E-state index contributed by atoms with van der Waals surface area (Å²) >= 11 is 1.74. The molecule has 2 N–H and O–H groups in total. The molecule has 0 aliphatic heterocycles. The molecule has 1 heterocycles. The zero-order valence-corrected chi connectivity index (χ0v) is 15.9. The van der Waals surface area contributed by atoms with Gasteiger partial charge in [0.1, 0.15) is 0 Å². The van der Waals surface area contributed by atoms with Crippen molar-refractivity contribution < 1.29 is 10.0 Å². The summed E-state index contributed by atoms with van der Waals surface area (Å²) in [6, 6.07) is 30.4. The monoisotopic (exact) mass is 380 g/mol. The molecule has 4 heteroatoms. The second-order valence-corrected chi connectivity index (χ2v) is 7.84. The first-order chi connectivity index (χ1) is 13.7. The predicted molar refractivity (Wildman–Crippen MR) is 120 cm³/mol. The largest absolute Gasteiger partial charge is 0.489 e. The van der Waals surface area contributed by atoms with Crippen LogP contribution in [0.15, 0.2) is 91.0 Å². The van der Waals surface area contributed by atoms with E-state index in [9.17, 15) is 10.0 Å². The van der Waals surface area contributed by atoms with Crippen LogP contribution in [0.1, 0.15) is 0 Å². The molecule has 1 aromatic heterocycles. The minimum atomic E-state index is -1.56. The third kappa shape index (κ3) is 2.74. The zero-order chi connectivity index (χ0) is 19.1. The van der Waals surface area contributed by atoms with Crippen molar-refractivity contribution in [3.8, 4) is 22.3 Å². The van der Waals surface area contributed by atoms with Gasteiger partial charge >= 0.3 is 7.12 Å². The standard InChI is InChI=1S/C24H17BO2S/c26-25(27)23-17(16-8-2-1-3-9-16)11-6-12-19(23)21-14-7-13-20-18-10-4-5-15-22(18)28-24(20)21/h1-15,26-27H. The lowest BCUT2D eigenvalue weighted by atomic mass is 9.71. The van der Waals surface area contributed by atoms with Crippen LogP contribution in [0.5, 0.6) is 0 Å². The third-order valence-corrected chi connectivity index (χ3v) is 6.36. The van der Waals surface area contributed by atoms with E-state index in [-0.39, 0.29) is 0 Å². The Morgan fingerprint density at radius 1 is 0.571 bits per heavy atom. The van der Waals surface area contributed by atoms with E-state index in [0.717, 1.165) is 27.0 Å². The highest BCUT2D eigenvalue weighted by atomic mass is 32.1. The molecule has 2 nitrogen and oxygen atoms in total. The highest BCUT2D eigenvalue weighted by Crippen LogP contribution is 2.39. The predicted octanol–water partition coefficient (Wildman–Crippen LogP) is 5.07. The van der Waals surface area contributed by atoms with E-state index in [1.54, 1.807) is 11.3 Å². The van der Waals surface area contributed by atoms with Gasteiger partial charge < -0.3 is 10.0 Å². The molecule has 0 fully saturated rings. The molecule has 0 spiro atoms. The number of hydrogen-bond donors (Lipinski definition) is 2. The summed E-state index contributed by atoms with van der Waals surface area (Å²) in [7, 11) is -1.56. The SMILES string of the molecule is OB(O)c1c(-c2ccccc2)cccc1-c1cccc2c1sc1ccccc12. The van der Waals surface area contributed by atoms with Gasteiger partial charge in [0, 0.05) is 20.2 Å². The average molecular weight is 380 g/mol. The maximum absolute atomic E-state index is 10.3. The number of benzene rings is 4. The average Bonchev–Trinajstić information content (AvgIpc) is 3.12. The van der Waals surface area contributed by atoms with Gasteiger partial charge in [-0.2, -0.15) is 0 Å². The van der Waals surface area contributed by atoms with Gasteiger partial charge in [-0.15, -0.1) is 11.3 Å². The number of thiophene rings is 1. The van der Waals surface area contributed by atoms with E-state index in [0.29, 0.717) is 5.46 Å². The maximum atomic E-state index is 10.3. The molecule has 4 aromatic carbocycles. The summed E-state index contributed by atoms with van der Waals surface area (Å²) in [6.45, 7) is 0. The molecule has 0 aliphatic rings. The topological polar surface area (TPSA) is 40.5 Å². The van der Waals surface area contributed by atoms with Crippen LogP contribution >= 0.6 is 11.3 Å². The van der Waals surface area contributed by atoms with Crippen LogP contribution in [-0.4, -0.2) is 17.2 Å². The second kappa shape index (κ2) is 6.91. The van der Waals surface area contributed by atoms with Gasteiger partial charge in [-0.25, -0.2) is 0 Å². The second-order valence-electron chi connectivity index (χ2n) is 6.79. The lowest BCUT2D eigenvalue weighted by Crippen LogP contribution is -2.33. The molecule has 28 heavy (non-hydrogen) atoms. The molecule has 0 bridgehead atoms. The van der Waals surface area contributed by atoms with Crippen molar-refractivity contribution in [2.45, 2.75) is 0 Å². The van der Waals surface area contributed by atoms with Gasteiger partial charge in [0.05, 0.1) is 0 Å². The van der Waals surface area contributed by atoms with E-state index in [4.69, 9.17) is 0 Å². The van der Waals surface area contributed by atoms with E-state index >= 15 is 0 Å². The van der Waals surface area contributed by atoms with Gasteiger partial charge in [0.25, 0.3) is 0 Å². The molecule has 0 saturated heterocycles. The van der Waals surface area contributed by atoms with Crippen LogP contribution in [0, 0.1) is 0 Å². The van der Waals surface area contributed by atoms with Crippen molar-refractivity contribution in [1.29, 1.82) is 0 Å². The van der Waals surface area contributed by atoms with Crippen molar-refractivity contribution in [3.63, 3.8) is 0 Å². The van der Waals surface area contributed by atoms with Crippen molar-refractivity contribution >= 4 is 44.1 Å². The molecule has 0 saturated carbocycles. The van der Waals surface area contributed by atoms with Gasteiger partial charge in [0.2, 0.25) is 0 Å². The molecule has 0 unspecified atom stereocenters. The Hall–Kier alpha value is -2.92. The van der Waals surface area contributed by atoms with E-state index in [1.807, 2.05) is 54.6 Å². The fourth-order valence-corrected chi connectivity index (χ4v) is 5.14. The van der Waals surface area contributed by atoms with Crippen LogP contribution < -0.4 is 5.46 Å². The van der Waals surface area contributed by atoms with E-state index < -0.39 is 7.12 Å². The first-order valence-electron chi connectivity index (χ1n) is 9.19. The number of fused-ring (bicyclic) bond motifs is 3. The van der Waals surface area contributed by atoms with E-state index in [1.165, 1.54) is 15.5 Å². The van der Waals surface area contributed by atoms with Gasteiger partial charge in [0.15, 0.2) is 0 Å². The summed E-state index contributed by atoms with van der Waals surface area (Å²) in [6.07, 6.45) is 0. The highest BCUT2D eigenvalue weighted by molar-refractivity contribution is 7.26. The number of rotatable bonds is 3. The molecule has 0 atom stereocenters. The molecular formula is C24H17BO2S. The lowest BCUT2D eigenvalue weighted by Gasteiger charge is -2.15. The first kappa shape index (κ1) is 17.2. The molecule has 134 valence electrons. The van der Waals surface area contributed by atoms with Crippen molar-refractivity contribution in [1.82, 2.24) is 0 Å². The lowest BCUT2D eigenvalue weighted by molar-refractivity contribution is 0.426. The smallest absolute Gasteiger partial charge is 0.423 e. The summed E-state index contributed by atoms with van der Waals surface area (Å²) in [5.74, 6) is 0. The van der Waals surface area contributed by atoms with Crippen LogP contribution in [0.3, 0.4) is 0 Å². The maximum Gasteiger partial charge on any atom is 0.489 e. The Morgan fingerprint density at radius 2 is 1.21 bits per heavy atom. The van der Waals surface area contributed by atoms with Gasteiger partial charge in [-0.05, 0) is 33.8 Å². The highest BCUT2D eigenvalue weighted by Gasteiger charge is 2.23. The van der Waals surface area contributed by atoms with Crippen LogP contribution in [-0.2, 0) is 0 Å². The quantitative estimate of drug-likeness (QED) is 0.429. The first-order valence-corrected chi connectivity index (χ1v) is 10.0. The zero-order valence-electron chi connectivity index (χ0n) is 15.0. The van der Waals surface area contributed by atoms with Gasteiger partial charge in [-0.3, -0.25) is 0 Å². The Morgan fingerprint density at radius 3 is 2.04 bits per heavy atom.